The first kappa shape index (κ1) is 14.7. The van der Waals surface area contributed by atoms with E-state index in [1.54, 1.807) is 12.1 Å². The second-order valence-corrected chi connectivity index (χ2v) is 6.19. The average Bonchev–Trinajstić information content (AvgIpc) is 3.04. The number of hydrogen-bond donors (Lipinski definition) is 0. The average molecular weight is 339 g/mol. The quantitative estimate of drug-likeness (QED) is 0.449. The van der Waals surface area contributed by atoms with Crippen molar-refractivity contribution in [1.29, 1.82) is 0 Å². The van der Waals surface area contributed by atoms with Crippen LogP contribution in [0.1, 0.15) is 10.4 Å². The molecular formula is C22H13NO3. The van der Waals surface area contributed by atoms with Gasteiger partial charge in [-0.25, -0.2) is 4.79 Å². The third kappa shape index (κ3) is 2.02. The van der Waals surface area contributed by atoms with Crippen LogP contribution in [0.3, 0.4) is 0 Å². The van der Waals surface area contributed by atoms with Gasteiger partial charge < -0.3 is 4.52 Å². The lowest BCUT2D eigenvalue weighted by Gasteiger charge is -2.06. The minimum atomic E-state index is -0.509. The topological polar surface area (TPSA) is 52.2 Å². The summed E-state index contributed by atoms with van der Waals surface area (Å²) in [7, 11) is 0. The van der Waals surface area contributed by atoms with Crippen molar-refractivity contribution in [2.24, 2.45) is 0 Å². The Balaban J connectivity index is 1.80. The van der Waals surface area contributed by atoms with E-state index in [4.69, 9.17) is 4.52 Å². The number of carbonyl (C=O) groups excluding carboxylic acids is 1. The fourth-order valence-corrected chi connectivity index (χ4v) is 3.49. The molecule has 1 aromatic heterocycles. The van der Waals surface area contributed by atoms with Crippen LogP contribution in [0.4, 0.5) is 0 Å². The summed E-state index contributed by atoms with van der Waals surface area (Å²) < 4.78 is 6.45. The molecule has 4 heteroatoms. The molecule has 0 aliphatic rings. The summed E-state index contributed by atoms with van der Waals surface area (Å²) >= 11 is 0. The van der Waals surface area contributed by atoms with E-state index in [2.05, 4.69) is 0 Å². The van der Waals surface area contributed by atoms with E-state index in [0.29, 0.717) is 16.5 Å². The van der Waals surface area contributed by atoms with Crippen molar-refractivity contribution in [3.05, 3.63) is 94.8 Å². The third-order valence-electron chi connectivity index (χ3n) is 4.71. The zero-order valence-electron chi connectivity index (χ0n) is 13.7. The molecule has 0 unspecified atom stereocenters. The summed E-state index contributed by atoms with van der Waals surface area (Å²) in [5, 5.41) is 3.93. The van der Waals surface area contributed by atoms with Gasteiger partial charge in [0.15, 0.2) is 0 Å². The van der Waals surface area contributed by atoms with Gasteiger partial charge >= 0.3 is 5.63 Å². The van der Waals surface area contributed by atoms with E-state index < -0.39 is 5.63 Å². The number of fused-ring (bicyclic) bond motifs is 4. The van der Waals surface area contributed by atoms with Gasteiger partial charge in [-0.3, -0.25) is 4.79 Å². The Morgan fingerprint density at radius 2 is 1.38 bits per heavy atom. The highest BCUT2D eigenvalue weighted by Gasteiger charge is 2.20. The first-order valence-corrected chi connectivity index (χ1v) is 8.30. The molecule has 0 amide bonds. The predicted octanol–water partition coefficient (Wildman–Crippen LogP) is 4.59. The van der Waals surface area contributed by atoms with E-state index in [9.17, 15) is 9.59 Å². The first-order chi connectivity index (χ1) is 12.7. The molecule has 0 fully saturated rings. The number of benzene rings is 4. The van der Waals surface area contributed by atoms with Gasteiger partial charge in [-0.1, -0.05) is 66.7 Å². The van der Waals surface area contributed by atoms with Crippen LogP contribution >= 0.6 is 0 Å². The van der Waals surface area contributed by atoms with Gasteiger partial charge in [0.2, 0.25) is 0 Å². The molecule has 4 nitrogen and oxygen atoms in total. The van der Waals surface area contributed by atoms with Crippen LogP contribution in [0.15, 0.2) is 88.2 Å². The molecule has 0 spiro atoms. The van der Waals surface area contributed by atoms with Gasteiger partial charge in [0.1, 0.15) is 5.52 Å². The lowest BCUT2D eigenvalue weighted by atomic mass is 10.0. The highest BCUT2D eigenvalue weighted by atomic mass is 16.5. The third-order valence-corrected chi connectivity index (χ3v) is 4.71. The SMILES string of the molecule is O=C(c1cccc2ccccc12)n1oc(=O)c2c3ccccc3ccc21. The lowest BCUT2D eigenvalue weighted by molar-refractivity contribution is 0.0852. The second kappa shape index (κ2) is 5.43. The first-order valence-electron chi connectivity index (χ1n) is 8.30. The monoisotopic (exact) mass is 339 g/mol. The Labute approximate surface area is 147 Å². The summed E-state index contributed by atoms with van der Waals surface area (Å²) in [6.07, 6.45) is 0. The molecule has 0 N–H and O–H groups in total. The number of hydrogen-bond acceptors (Lipinski definition) is 3. The summed E-state index contributed by atoms with van der Waals surface area (Å²) in [6.45, 7) is 0. The second-order valence-electron chi connectivity index (χ2n) is 6.19. The molecule has 0 saturated heterocycles. The minimum absolute atomic E-state index is 0.357. The standard InChI is InChI=1S/C22H13NO3/c24-21(18-11-5-8-14-6-1-3-9-16(14)18)23-19-13-12-15-7-2-4-10-17(15)20(19)22(25)26-23/h1-13H. The molecule has 0 atom stereocenters. The molecule has 0 aliphatic heterocycles. The van der Waals surface area contributed by atoms with Crippen molar-refractivity contribution in [3.8, 4) is 0 Å². The van der Waals surface area contributed by atoms with Gasteiger partial charge in [-0.15, -0.1) is 4.74 Å². The van der Waals surface area contributed by atoms with Gasteiger partial charge in [0, 0.05) is 0 Å². The molecule has 0 aliphatic carbocycles. The molecule has 0 radical (unpaired) electrons. The normalized spacial score (nSPS) is 11.4. The smallest absolute Gasteiger partial charge is 0.327 e. The Bertz CT molecular complexity index is 1370. The molecule has 26 heavy (non-hydrogen) atoms. The Hall–Kier alpha value is -3.66. The highest BCUT2D eigenvalue weighted by Crippen LogP contribution is 2.25. The van der Waals surface area contributed by atoms with E-state index >= 15 is 0 Å². The Kier molecular flexibility index (Phi) is 3.06. The van der Waals surface area contributed by atoms with E-state index in [1.807, 2.05) is 66.7 Å². The molecular weight excluding hydrogens is 326 g/mol. The number of nitrogens with zero attached hydrogens (tertiary/aromatic N) is 1. The molecule has 124 valence electrons. The van der Waals surface area contributed by atoms with E-state index in [0.717, 1.165) is 26.3 Å². The van der Waals surface area contributed by atoms with Crippen molar-refractivity contribution < 1.29 is 9.32 Å². The van der Waals surface area contributed by atoms with Crippen LogP contribution in [-0.4, -0.2) is 10.6 Å². The number of rotatable bonds is 1. The molecule has 4 aromatic carbocycles. The molecule has 0 bridgehead atoms. The van der Waals surface area contributed by atoms with Crippen molar-refractivity contribution in [2.45, 2.75) is 0 Å². The fraction of sp³-hybridized carbons (Fsp3) is 0. The number of carbonyl (C=O) groups is 1. The van der Waals surface area contributed by atoms with E-state index in [-0.39, 0.29) is 5.91 Å². The van der Waals surface area contributed by atoms with Crippen molar-refractivity contribution in [2.75, 3.05) is 0 Å². The van der Waals surface area contributed by atoms with E-state index in [1.165, 1.54) is 0 Å². The largest absolute Gasteiger partial charge is 0.366 e. The Morgan fingerprint density at radius 3 is 2.19 bits per heavy atom. The maximum atomic E-state index is 13.2. The highest BCUT2D eigenvalue weighted by molar-refractivity contribution is 6.13. The van der Waals surface area contributed by atoms with Gasteiger partial charge in [0.25, 0.3) is 5.91 Å². The van der Waals surface area contributed by atoms with Crippen molar-refractivity contribution in [1.82, 2.24) is 4.74 Å². The Morgan fingerprint density at radius 1 is 0.731 bits per heavy atom. The van der Waals surface area contributed by atoms with Crippen LogP contribution in [0.5, 0.6) is 0 Å². The van der Waals surface area contributed by atoms with Gasteiger partial charge in [0.05, 0.1) is 10.9 Å². The van der Waals surface area contributed by atoms with Crippen molar-refractivity contribution >= 4 is 38.4 Å². The summed E-state index contributed by atoms with van der Waals surface area (Å²) in [5.74, 6) is -0.357. The molecule has 5 aromatic rings. The summed E-state index contributed by atoms with van der Waals surface area (Å²) in [5.41, 5.74) is 0.467. The maximum absolute atomic E-state index is 13.2. The zero-order chi connectivity index (χ0) is 17.7. The van der Waals surface area contributed by atoms with Crippen LogP contribution < -0.4 is 5.63 Å². The molecule has 1 heterocycles. The fourth-order valence-electron chi connectivity index (χ4n) is 3.49. The van der Waals surface area contributed by atoms with Crippen LogP contribution in [-0.2, 0) is 0 Å². The summed E-state index contributed by atoms with van der Waals surface area (Å²) in [6, 6.07) is 24.4. The van der Waals surface area contributed by atoms with Gasteiger partial charge in [-0.2, -0.15) is 0 Å². The summed E-state index contributed by atoms with van der Waals surface area (Å²) in [4.78, 5) is 25.6. The zero-order valence-corrected chi connectivity index (χ0v) is 13.7. The molecule has 5 rings (SSSR count). The maximum Gasteiger partial charge on any atom is 0.366 e. The van der Waals surface area contributed by atoms with Gasteiger partial charge in [-0.05, 0) is 33.7 Å². The van der Waals surface area contributed by atoms with Crippen LogP contribution in [0.2, 0.25) is 0 Å². The number of aromatic nitrogens is 1. The lowest BCUT2D eigenvalue weighted by Crippen LogP contribution is -2.12. The van der Waals surface area contributed by atoms with Crippen LogP contribution in [0.25, 0.3) is 32.4 Å². The van der Waals surface area contributed by atoms with Crippen molar-refractivity contribution in [3.63, 3.8) is 0 Å². The molecule has 0 saturated carbocycles. The minimum Gasteiger partial charge on any atom is -0.327 e. The van der Waals surface area contributed by atoms with Crippen LogP contribution in [0, 0.1) is 0 Å². The predicted molar refractivity (Wildman–Crippen MR) is 102 cm³/mol.